The molecule has 0 saturated heterocycles. The highest BCUT2D eigenvalue weighted by molar-refractivity contribution is 7.92. The summed E-state index contributed by atoms with van der Waals surface area (Å²) in [5.41, 5.74) is 0.367. The third-order valence-electron chi connectivity index (χ3n) is 5.04. The van der Waals surface area contributed by atoms with E-state index in [4.69, 9.17) is 0 Å². The zero-order valence-corrected chi connectivity index (χ0v) is 18.1. The number of aryl methyl sites for hydroxylation is 1. The summed E-state index contributed by atoms with van der Waals surface area (Å²) < 4.78 is 30.1. The lowest BCUT2D eigenvalue weighted by Crippen LogP contribution is -2.15. The molecule has 2 aromatic heterocycles. The number of fused-ring (bicyclic) bond motifs is 1. The van der Waals surface area contributed by atoms with Crippen LogP contribution in [0, 0.1) is 34.1 Å². The number of benzene rings is 2. The molecule has 0 bridgehead atoms. The predicted molar refractivity (Wildman–Crippen MR) is 118 cm³/mol. The molecule has 2 heterocycles. The molecule has 12 nitrogen and oxygen atoms in total. The van der Waals surface area contributed by atoms with Gasteiger partial charge in [-0.15, -0.1) is 0 Å². The van der Waals surface area contributed by atoms with E-state index in [1.165, 1.54) is 6.92 Å². The lowest BCUT2D eigenvalue weighted by atomic mass is 10.1. The Hall–Kier alpha value is -4.39. The lowest BCUT2D eigenvalue weighted by molar-refractivity contribution is -0.395. The van der Waals surface area contributed by atoms with Crippen LogP contribution in [0.2, 0.25) is 0 Å². The van der Waals surface area contributed by atoms with E-state index in [-0.39, 0.29) is 11.3 Å². The van der Waals surface area contributed by atoms with Crippen LogP contribution in [-0.4, -0.2) is 32.6 Å². The smallest absolute Gasteiger partial charge is 0.280 e. The summed E-state index contributed by atoms with van der Waals surface area (Å²) in [7, 11) is -4.39. The molecule has 0 unspecified atom stereocenters. The second-order valence-electron chi connectivity index (χ2n) is 7.19. The first kappa shape index (κ1) is 21.8. The van der Waals surface area contributed by atoms with Crippen molar-refractivity contribution in [3.8, 4) is 11.3 Å². The Morgan fingerprint density at radius 3 is 2.30 bits per heavy atom. The first-order valence-corrected chi connectivity index (χ1v) is 10.9. The van der Waals surface area contributed by atoms with Gasteiger partial charge in [0.15, 0.2) is 0 Å². The van der Waals surface area contributed by atoms with Crippen LogP contribution in [0.5, 0.6) is 0 Å². The average Bonchev–Trinajstić information content (AvgIpc) is 3.19. The standard InChI is InChI=1S/C20H16N6O6S/c1-12-4-5-14(17-11-24-7-3-6-21-20(24)22-17)8-16(12)23-33(31,32)15-9-18(25(27)28)13(2)19(10-15)26(29)30/h3-11,23H,1-2H3. The van der Waals surface area contributed by atoms with Gasteiger partial charge in [0, 0.05) is 36.3 Å². The van der Waals surface area contributed by atoms with Gasteiger partial charge in [-0.2, -0.15) is 0 Å². The molecule has 0 spiro atoms. The van der Waals surface area contributed by atoms with Gasteiger partial charge >= 0.3 is 0 Å². The number of nitrogens with one attached hydrogen (secondary N) is 1. The number of nitrogens with zero attached hydrogens (tertiary/aromatic N) is 5. The van der Waals surface area contributed by atoms with Gasteiger partial charge in [-0.3, -0.25) is 29.4 Å². The highest BCUT2D eigenvalue weighted by atomic mass is 32.2. The average molecular weight is 468 g/mol. The quantitative estimate of drug-likeness (QED) is 0.331. The van der Waals surface area contributed by atoms with E-state index in [9.17, 15) is 28.6 Å². The number of hydrogen-bond donors (Lipinski definition) is 1. The molecule has 4 aromatic rings. The molecule has 0 aliphatic heterocycles. The van der Waals surface area contributed by atoms with Gasteiger partial charge in [0.05, 0.1) is 21.2 Å². The minimum Gasteiger partial charge on any atom is -0.291 e. The summed E-state index contributed by atoms with van der Waals surface area (Å²) in [6, 6.07) is 8.36. The minimum atomic E-state index is -4.39. The summed E-state index contributed by atoms with van der Waals surface area (Å²) in [6.07, 6.45) is 5.10. The van der Waals surface area contributed by atoms with Crippen molar-refractivity contribution in [1.29, 1.82) is 0 Å². The molecule has 0 radical (unpaired) electrons. The second kappa shape index (κ2) is 7.94. The zero-order valence-electron chi connectivity index (χ0n) is 17.3. The van der Waals surface area contributed by atoms with Gasteiger partial charge < -0.3 is 0 Å². The van der Waals surface area contributed by atoms with Crippen molar-refractivity contribution < 1.29 is 18.3 Å². The Kier molecular flexibility index (Phi) is 5.25. The Labute approximate surface area is 186 Å². The molecule has 0 aliphatic rings. The third-order valence-corrected chi connectivity index (χ3v) is 6.39. The molecule has 0 amide bonds. The van der Waals surface area contributed by atoms with Crippen LogP contribution in [0.1, 0.15) is 11.1 Å². The molecular weight excluding hydrogens is 452 g/mol. The van der Waals surface area contributed by atoms with E-state index in [0.29, 0.717) is 22.6 Å². The lowest BCUT2D eigenvalue weighted by Gasteiger charge is -2.12. The highest BCUT2D eigenvalue weighted by Crippen LogP contribution is 2.33. The first-order valence-electron chi connectivity index (χ1n) is 9.44. The van der Waals surface area contributed by atoms with Crippen molar-refractivity contribution in [3.05, 3.63) is 86.3 Å². The highest BCUT2D eigenvalue weighted by Gasteiger charge is 2.28. The summed E-state index contributed by atoms with van der Waals surface area (Å²) in [5.74, 6) is 0.467. The normalized spacial score (nSPS) is 11.5. The Morgan fingerprint density at radius 2 is 1.70 bits per heavy atom. The van der Waals surface area contributed by atoms with Crippen molar-refractivity contribution in [2.45, 2.75) is 18.7 Å². The summed E-state index contributed by atoms with van der Waals surface area (Å²) in [6.45, 7) is 2.87. The number of nitro benzene ring substituents is 2. The van der Waals surface area contributed by atoms with Crippen LogP contribution in [0.4, 0.5) is 17.1 Å². The fraction of sp³-hybridized carbons (Fsp3) is 0.100. The van der Waals surface area contributed by atoms with Crippen molar-refractivity contribution in [2.24, 2.45) is 0 Å². The van der Waals surface area contributed by atoms with Crippen LogP contribution in [0.3, 0.4) is 0 Å². The van der Waals surface area contributed by atoms with Gasteiger partial charge in [0.1, 0.15) is 10.5 Å². The Bertz CT molecular complexity index is 1480. The van der Waals surface area contributed by atoms with E-state index in [2.05, 4.69) is 14.7 Å². The number of anilines is 1. The van der Waals surface area contributed by atoms with Gasteiger partial charge in [-0.25, -0.2) is 18.4 Å². The molecule has 0 aliphatic carbocycles. The monoisotopic (exact) mass is 468 g/mol. The maximum absolute atomic E-state index is 13.0. The van der Waals surface area contributed by atoms with E-state index in [1.807, 2.05) is 0 Å². The molecule has 33 heavy (non-hydrogen) atoms. The van der Waals surface area contributed by atoms with Crippen molar-refractivity contribution in [3.63, 3.8) is 0 Å². The van der Waals surface area contributed by atoms with E-state index in [0.717, 1.165) is 12.1 Å². The Balaban J connectivity index is 1.76. The molecule has 0 fully saturated rings. The van der Waals surface area contributed by atoms with Crippen molar-refractivity contribution in [2.75, 3.05) is 4.72 Å². The van der Waals surface area contributed by atoms with Gasteiger partial charge in [-0.05, 0) is 31.5 Å². The number of hydrogen-bond acceptors (Lipinski definition) is 8. The number of imidazole rings is 1. The van der Waals surface area contributed by atoms with Crippen LogP contribution < -0.4 is 4.72 Å². The molecule has 0 saturated carbocycles. The predicted octanol–water partition coefficient (Wildman–Crippen LogP) is 3.63. The van der Waals surface area contributed by atoms with Gasteiger partial charge in [0.2, 0.25) is 5.78 Å². The number of nitro groups is 2. The number of aromatic nitrogens is 3. The SMILES string of the molecule is Cc1ccc(-c2cn3cccnc3n2)cc1NS(=O)(=O)c1cc([N+](=O)[O-])c(C)c([N+](=O)[O-])c1. The Morgan fingerprint density at radius 1 is 1.03 bits per heavy atom. The summed E-state index contributed by atoms with van der Waals surface area (Å²) in [4.78, 5) is 28.9. The largest absolute Gasteiger partial charge is 0.291 e. The molecule has 1 N–H and O–H groups in total. The van der Waals surface area contributed by atoms with Gasteiger partial charge in [-0.1, -0.05) is 12.1 Å². The summed E-state index contributed by atoms with van der Waals surface area (Å²) in [5, 5.41) is 22.6. The third kappa shape index (κ3) is 4.08. The van der Waals surface area contributed by atoms with Crippen LogP contribution in [-0.2, 0) is 10.0 Å². The number of rotatable bonds is 6. The molecule has 0 atom stereocenters. The van der Waals surface area contributed by atoms with Crippen LogP contribution >= 0.6 is 0 Å². The molecule has 2 aromatic carbocycles. The fourth-order valence-electron chi connectivity index (χ4n) is 3.26. The molecular formula is C20H16N6O6S. The fourth-order valence-corrected chi connectivity index (χ4v) is 4.42. The van der Waals surface area contributed by atoms with E-state index >= 15 is 0 Å². The topological polar surface area (TPSA) is 163 Å². The zero-order chi connectivity index (χ0) is 23.9. The molecule has 4 rings (SSSR count). The van der Waals surface area contributed by atoms with Crippen molar-refractivity contribution >= 4 is 32.9 Å². The van der Waals surface area contributed by atoms with E-state index < -0.39 is 36.1 Å². The number of sulfonamides is 1. The van der Waals surface area contributed by atoms with Gasteiger partial charge in [0.25, 0.3) is 21.4 Å². The van der Waals surface area contributed by atoms with Crippen LogP contribution in [0.25, 0.3) is 17.0 Å². The maximum Gasteiger partial charge on any atom is 0.280 e. The van der Waals surface area contributed by atoms with Crippen LogP contribution in [0.15, 0.2) is 59.9 Å². The molecule has 13 heteroatoms. The maximum atomic E-state index is 13.0. The second-order valence-corrected chi connectivity index (χ2v) is 8.87. The van der Waals surface area contributed by atoms with E-state index in [1.54, 1.807) is 54.2 Å². The first-order chi connectivity index (χ1) is 15.6. The minimum absolute atomic E-state index is 0.198. The van der Waals surface area contributed by atoms with Crippen molar-refractivity contribution in [1.82, 2.24) is 14.4 Å². The molecule has 168 valence electrons. The summed E-state index contributed by atoms with van der Waals surface area (Å²) >= 11 is 0.